The van der Waals surface area contributed by atoms with Gasteiger partial charge in [0.05, 0.1) is 5.52 Å². The zero-order valence-corrected chi connectivity index (χ0v) is 14.4. The minimum atomic E-state index is 0.927. The number of hydrogen-bond donors (Lipinski definition) is 0. The van der Waals surface area contributed by atoms with Crippen LogP contribution in [0.25, 0.3) is 22.6 Å². The van der Waals surface area contributed by atoms with Gasteiger partial charge in [0, 0.05) is 23.5 Å². The first-order valence-corrected chi connectivity index (χ1v) is 8.45. The summed E-state index contributed by atoms with van der Waals surface area (Å²) in [6.45, 7) is 0.927. The van der Waals surface area contributed by atoms with Crippen molar-refractivity contribution >= 4 is 38.5 Å². The van der Waals surface area contributed by atoms with Crippen molar-refractivity contribution in [1.82, 2.24) is 9.55 Å². The van der Waals surface area contributed by atoms with Crippen molar-refractivity contribution in [2.24, 2.45) is 4.99 Å². The van der Waals surface area contributed by atoms with Crippen LogP contribution in [-0.4, -0.2) is 16.6 Å². The fraction of sp³-hybridized carbons (Fsp3) is 0.158. The van der Waals surface area contributed by atoms with Crippen molar-refractivity contribution in [3.63, 3.8) is 0 Å². The average Bonchev–Trinajstić information content (AvgIpc) is 2.97. The molecule has 2 heterocycles. The molecule has 1 aliphatic heterocycles. The number of aromatic nitrogens is 2. The Hall–Kier alpha value is -2.20. The van der Waals surface area contributed by atoms with E-state index < -0.39 is 0 Å². The largest absolute Gasteiger partial charge is 0.310 e. The molecular formula is C19H16BrN3. The summed E-state index contributed by atoms with van der Waals surface area (Å²) in [4.78, 5) is 9.41. The number of nitrogens with zero attached hydrogens (tertiary/aromatic N) is 3. The molecule has 4 heteroatoms. The Morgan fingerprint density at radius 3 is 2.74 bits per heavy atom. The zero-order chi connectivity index (χ0) is 15.8. The van der Waals surface area contributed by atoms with Gasteiger partial charge in [-0.25, -0.2) is 4.98 Å². The molecule has 0 amide bonds. The standard InChI is InChI=1S/C19H16BrN3/c1-21-19-15-7-3-5-9-17(15)22-18-14(10-11-23(18)19)12-13-6-2-4-8-16(13)20/h2-9,12H,10-11H2,1H3/b14-12+,21-19?. The highest BCUT2D eigenvalue weighted by Gasteiger charge is 2.19. The quantitative estimate of drug-likeness (QED) is 0.633. The van der Waals surface area contributed by atoms with E-state index >= 15 is 0 Å². The molecule has 0 saturated heterocycles. The lowest BCUT2D eigenvalue weighted by Gasteiger charge is -2.08. The predicted octanol–water partition coefficient (Wildman–Crippen LogP) is 4.27. The van der Waals surface area contributed by atoms with Crippen LogP contribution in [0.5, 0.6) is 0 Å². The SMILES string of the molecule is CN=c1c2ccccc2nc2n1CC/C2=C\c1ccccc1Br. The van der Waals surface area contributed by atoms with Gasteiger partial charge in [0.15, 0.2) is 0 Å². The van der Waals surface area contributed by atoms with Crippen LogP contribution >= 0.6 is 15.9 Å². The predicted molar refractivity (Wildman–Crippen MR) is 97.9 cm³/mol. The molecule has 0 bridgehead atoms. The van der Waals surface area contributed by atoms with Crippen molar-refractivity contribution in [3.8, 4) is 0 Å². The number of allylic oxidation sites excluding steroid dienone is 1. The third kappa shape index (κ3) is 2.43. The van der Waals surface area contributed by atoms with Gasteiger partial charge in [-0.05, 0) is 41.8 Å². The van der Waals surface area contributed by atoms with E-state index in [0.717, 1.165) is 39.7 Å². The number of rotatable bonds is 1. The normalized spacial score (nSPS) is 16.3. The Balaban J connectivity index is 1.96. The molecule has 0 fully saturated rings. The second-order valence-electron chi connectivity index (χ2n) is 5.59. The second kappa shape index (κ2) is 5.78. The second-order valence-corrected chi connectivity index (χ2v) is 6.45. The lowest BCUT2D eigenvalue weighted by molar-refractivity contribution is 0.709. The Kier molecular flexibility index (Phi) is 3.62. The van der Waals surface area contributed by atoms with Crippen molar-refractivity contribution in [1.29, 1.82) is 0 Å². The molecule has 0 atom stereocenters. The van der Waals surface area contributed by atoms with E-state index in [9.17, 15) is 0 Å². The fourth-order valence-corrected chi connectivity index (χ4v) is 3.54. The molecule has 0 saturated carbocycles. The van der Waals surface area contributed by atoms with E-state index in [1.165, 1.54) is 11.1 Å². The molecule has 1 aromatic heterocycles. The van der Waals surface area contributed by atoms with Crippen LogP contribution in [0.2, 0.25) is 0 Å². The molecule has 1 aliphatic rings. The van der Waals surface area contributed by atoms with Crippen LogP contribution < -0.4 is 5.49 Å². The van der Waals surface area contributed by atoms with Crippen molar-refractivity contribution in [2.45, 2.75) is 13.0 Å². The van der Waals surface area contributed by atoms with E-state index in [1.54, 1.807) is 0 Å². The van der Waals surface area contributed by atoms with Gasteiger partial charge in [-0.3, -0.25) is 4.99 Å². The maximum absolute atomic E-state index is 4.89. The van der Waals surface area contributed by atoms with Gasteiger partial charge in [-0.1, -0.05) is 46.3 Å². The summed E-state index contributed by atoms with van der Waals surface area (Å²) in [6.07, 6.45) is 3.21. The third-order valence-electron chi connectivity index (χ3n) is 4.22. The van der Waals surface area contributed by atoms with E-state index in [2.05, 4.69) is 61.9 Å². The molecule has 114 valence electrons. The van der Waals surface area contributed by atoms with E-state index in [4.69, 9.17) is 4.98 Å². The monoisotopic (exact) mass is 365 g/mol. The lowest BCUT2D eigenvalue weighted by atomic mass is 10.1. The summed E-state index contributed by atoms with van der Waals surface area (Å²) in [5.74, 6) is 1.03. The summed E-state index contributed by atoms with van der Waals surface area (Å²) in [6, 6.07) is 16.5. The van der Waals surface area contributed by atoms with Gasteiger partial charge in [0.25, 0.3) is 0 Å². The van der Waals surface area contributed by atoms with Gasteiger partial charge in [0.1, 0.15) is 11.3 Å². The summed E-state index contributed by atoms with van der Waals surface area (Å²) in [7, 11) is 1.85. The van der Waals surface area contributed by atoms with Crippen LogP contribution in [0.15, 0.2) is 58.0 Å². The Labute approximate surface area is 143 Å². The molecule has 3 nitrogen and oxygen atoms in total. The van der Waals surface area contributed by atoms with Gasteiger partial charge < -0.3 is 4.57 Å². The average molecular weight is 366 g/mol. The van der Waals surface area contributed by atoms with Crippen molar-refractivity contribution < 1.29 is 0 Å². The van der Waals surface area contributed by atoms with E-state index in [1.807, 2.05) is 25.2 Å². The number of fused-ring (bicyclic) bond motifs is 2. The summed E-state index contributed by atoms with van der Waals surface area (Å²) in [5.41, 5.74) is 4.45. The molecule has 0 radical (unpaired) electrons. The molecule has 0 aliphatic carbocycles. The smallest absolute Gasteiger partial charge is 0.138 e. The Morgan fingerprint density at radius 2 is 1.91 bits per heavy atom. The maximum atomic E-state index is 4.89. The molecule has 4 rings (SSSR count). The van der Waals surface area contributed by atoms with Crippen LogP contribution in [0.3, 0.4) is 0 Å². The van der Waals surface area contributed by atoms with Crippen molar-refractivity contribution in [2.75, 3.05) is 7.05 Å². The van der Waals surface area contributed by atoms with Crippen LogP contribution in [0.4, 0.5) is 0 Å². The Bertz CT molecular complexity index is 999. The van der Waals surface area contributed by atoms with Gasteiger partial charge >= 0.3 is 0 Å². The number of halogens is 1. The zero-order valence-electron chi connectivity index (χ0n) is 12.8. The molecule has 0 N–H and O–H groups in total. The highest BCUT2D eigenvalue weighted by Crippen LogP contribution is 2.29. The van der Waals surface area contributed by atoms with Crippen molar-refractivity contribution in [3.05, 3.63) is 69.9 Å². The number of hydrogen-bond acceptors (Lipinski definition) is 2. The maximum Gasteiger partial charge on any atom is 0.138 e. The lowest BCUT2D eigenvalue weighted by Crippen LogP contribution is -2.22. The first kappa shape index (κ1) is 14.4. The number of para-hydroxylation sites is 1. The van der Waals surface area contributed by atoms with Gasteiger partial charge in [-0.2, -0.15) is 0 Å². The third-order valence-corrected chi connectivity index (χ3v) is 4.94. The molecule has 0 unspecified atom stereocenters. The highest BCUT2D eigenvalue weighted by molar-refractivity contribution is 9.10. The molecule has 0 spiro atoms. The molecule has 2 aromatic carbocycles. The van der Waals surface area contributed by atoms with Gasteiger partial charge in [0.2, 0.25) is 0 Å². The topological polar surface area (TPSA) is 30.2 Å². The molecule has 23 heavy (non-hydrogen) atoms. The van der Waals surface area contributed by atoms with Crippen LogP contribution in [0, 0.1) is 0 Å². The first-order chi connectivity index (χ1) is 11.3. The summed E-state index contributed by atoms with van der Waals surface area (Å²) in [5, 5.41) is 1.11. The minimum absolute atomic E-state index is 0.927. The van der Waals surface area contributed by atoms with Gasteiger partial charge in [-0.15, -0.1) is 0 Å². The van der Waals surface area contributed by atoms with Crippen LogP contribution in [0.1, 0.15) is 17.8 Å². The number of benzene rings is 2. The van der Waals surface area contributed by atoms with E-state index in [0.29, 0.717) is 0 Å². The highest BCUT2D eigenvalue weighted by atomic mass is 79.9. The molecular weight excluding hydrogens is 350 g/mol. The fourth-order valence-electron chi connectivity index (χ4n) is 3.14. The Morgan fingerprint density at radius 1 is 1.13 bits per heavy atom. The molecule has 3 aromatic rings. The summed E-state index contributed by atoms with van der Waals surface area (Å²) < 4.78 is 3.33. The first-order valence-electron chi connectivity index (χ1n) is 7.66. The van der Waals surface area contributed by atoms with Crippen LogP contribution in [-0.2, 0) is 6.54 Å². The minimum Gasteiger partial charge on any atom is -0.310 e. The van der Waals surface area contributed by atoms with E-state index in [-0.39, 0.29) is 0 Å². The summed E-state index contributed by atoms with van der Waals surface area (Å²) >= 11 is 3.62.